The number of hydrogen-bond acceptors (Lipinski definition) is 2. The number of thiol groups is 1. The van der Waals surface area contributed by atoms with Crippen LogP contribution in [0.3, 0.4) is 0 Å². The van der Waals surface area contributed by atoms with E-state index in [0.29, 0.717) is 5.75 Å². The van der Waals surface area contributed by atoms with Crippen molar-refractivity contribution >= 4 is 12.6 Å². The molecule has 0 amide bonds. The summed E-state index contributed by atoms with van der Waals surface area (Å²) in [5, 5.41) is 9.38. The fourth-order valence-electron chi connectivity index (χ4n) is 1.53. The second-order valence-electron chi connectivity index (χ2n) is 3.48. The zero-order valence-electron chi connectivity index (χ0n) is 8.22. The van der Waals surface area contributed by atoms with Gasteiger partial charge in [0.25, 0.3) is 0 Å². The Morgan fingerprint density at radius 2 is 1.73 bits per heavy atom. The van der Waals surface area contributed by atoms with Crippen LogP contribution in [0.2, 0.25) is 0 Å². The largest absolute Gasteiger partial charge is 0.508 e. The van der Waals surface area contributed by atoms with E-state index in [0.717, 1.165) is 16.9 Å². The Morgan fingerprint density at radius 3 is 2.47 bits per heavy atom. The molecule has 2 rings (SSSR count). The maximum atomic E-state index is 9.38. The zero-order chi connectivity index (χ0) is 10.7. The number of aromatic hydroxyl groups is 1. The first kappa shape index (κ1) is 10.1. The van der Waals surface area contributed by atoms with Crippen LogP contribution >= 0.6 is 12.6 Å². The van der Waals surface area contributed by atoms with Crippen molar-refractivity contribution in [2.45, 2.75) is 11.3 Å². The molecule has 76 valence electrons. The maximum Gasteiger partial charge on any atom is 0.115 e. The van der Waals surface area contributed by atoms with Gasteiger partial charge in [0.1, 0.15) is 5.75 Å². The number of benzene rings is 2. The first-order valence-electron chi connectivity index (χ1n) is 4.80. The molecule has 0 aliphatic rings. The third-order valence-electron chi connectivity index (χ3n) is 2.30. The van der Waals surface area contributed by atoms with Gasteiger partial charge < -0.3 is 5.11 Å². The lowest BCUT2D eigenvalue weighted by molar-refractivity contribution is 0.474. The summed E-state index contributed by atoms with van der Waals surface area (Å²) in [6, 6.07) is 15.4. The molecule has 2 aromatic rings. The molecule has 15 heavy (non-hydrogen) atoms. The van der Waals surface area contributed by atoms with Crippen LogP contribution in [0.15, 0.2) is 53.4 Å². The van der Waals surface area contributed by atoms with Gasteiger partial charge in [-0.1, -0.05) is 30.3 Å². The van der Waals surface area contributed by atoms with Gasteiger partial charge in [-0.15, -0.1) is 12.6 Å². The van der Waals surface area contributed by atoms with E-state index in [2.05, 4.69) is 24.8 Å². The van der Waals surface area contributed by atoms with Crippen molar-refractivity contribution < 1.29 is 5.11 Å². The van der Waals surface area contributed by atoms with Crippen LogP contribution in [-0.2, 0) is 6.42 Å². The molecule has 0 fully saturated rings. The van der Waals surface area contributed by atoms with Crippen LogP contribution in [0.25, 0.3) is 0 Å². The second-order valence-corrected chi connectivity index (χ2v) is 3.96. The van der Waals surface area contributed by atoms with Gasteiger partial charge in [-0.05, 0) is 35.7 Å². The number of hydrogen-bond donors (Lipinski definition) is 2. The molecule has 0 saturated heterocycles. The topological polar surface area (TPSA) is 20.2 Å². The Morgan fingerprint density at radius 1 is 1.00 bits per heavy atom. The van der Waals surface area contributed by atoms with Crippen molar-refractivity contribution in [1.29, 1.82) is 0 Å². The summed E-state index contributed by atoms with van der Waals surface area (Å²) in [5.74, 6) is 0.290. The van der Waals surface area contributed by atoms with E-state index in [4.69, 9.17) is 0 Å². The first-order chi connectivity index (χ1) is 7.25. The standard InChI is InChI=1S/C13H12OS/c14-12-6-7-13(15)11(9-12)8-10-4-2-1-3-5-10/h1-7,9,14-15H,8H2. The highest BCUT2D eigenvalue weighted by Crippen LogP contribution is 2.22. The van der Waals surface area contributed by atoms with Crippen LogP contribution in [-0.4, -0.2) is 5.11 Å². The summed E-state index contributed by atoms with van der Waals surface area (Å²) < 4.78 is 0. The van der Waals surface area contributed by atoms with Gasteiger partial charge in [0.2, 0.25) is 0 Å². The molecule has 0 aliphatic heterocycles. The van der Waals surface area contributed by atoms with Crippen LogP contribution < -0.4 is 0 Å². The normalized spacial score (nSPS) is 10.2. The molecule has 1 N–H and O–H groups in total. The molecule has 0 aliphatic carbocycles. The molecule has 0 unspecified atom stereocenters. The average molecular weight is 216 g/mol. The first-order valence-corrected chi connectivity index (χ1v) is 5.25. The lowest BCUT2D eigenvalue weighted by Crippen LogP contribution is -1.89. The Hall–Kier alpha value is -1.41. The lowest BCUT2D eigenvalue weighted by Gasteiger charge is -2.05. The lowest BCUT2D eigenvalue weighted by atomic mass is 10.0. The highest BCUT2D eigenvalue weighted by molar-refractivity contribution is 7.80. The minimum Gasteiger partial charge on any atom is -0.508 e. The number of phenolic OH excluding ortho intramolecular Hbond substituents is 1. The van der Waals surface area contributed by atoms with E-state index < -0.39 is 0 Å². The fourth-order valence-corrected chi connectivity index (χ4v) is 1.75. The summed E-state index contributed by atoms with van der Waals surface area (Å²) in [6.45, 7) is 0. The van der Waals surface area contributed by atoms with Crippen LogP contribution in [0, 0.1) is 0 Å². The highest BCUT2D eigenvalue weighted by Gasteiger charge is 2.01. The van der Waals surface area contributed by atoms with E-state index in [-0.39, 0.29) is 0 Å². The number of phenols is 1. The smallest absolute Gasteiger partial charge is 0.115 e. The van der Waals surface area contributed by atoms with Crippen molar-refractivity contribution in [3.63, 3.8) is 0 Å². The van der Waals surface area contributed by atoms with Gasteiger partial charge in [-0.3, -0.25) is 0 Å². The van der Waals surface area contributed by atoms with E-state index >= 15 is 0 Å². The predicted molar refractivity (Wildman–Crippen MR) is 64.6 cm³/mol. The minimum atomic E-state index is 0.290. The summed E-state index contributed by atoms with van der Waals surface area (Å²) in [7, 11) is 0. The molecule has 0 heterocycles. The molecule has 0 atom stereocenters. The summed E-state index contributed by atoms with van der Waals surface area (Å²) in [4.78, 5) is 0.914. The van der Waals surface area contributed by atoms with Crippen LogP contribution in [0.1, 0.15) is 11.1 Å². The molecule has 0 aromatic heterocycles. The third kappa shape index (κ3) is 2.54. The third-order valence-corrected chi connectivity index (χ3v) is 2.74. The Labute approximate surface area is 94.8 Å². The Kier molecular flexibility index (Phi) is 2.97. The van der Waals surface area contributed by atoms with E-state index in [1.54, 1.807) is 12.1 Å². The highest BCUT2D eigenvalue weighted by atomic mass is 32.1. The van der Waals surface area contributed by atoms with Crippen molar-refractivity contribution in [3.8, 4) is 5.75 Å². The SMILES string of the molecule is Oc1ccc(S)c(Cc2ccccc2)c1. The number of rotatable bonds is 2. The quantitative estimate of drug-likeness (QED) is 0.738. The van der Waals surface area contributed by atoms with E-state index in [1.807, 2.05) is 24.3 Å². The molecule has 2 aromatic carbocycles. The van der Waals surface area contributed by atoms with Crippen LogP contribution in [0.4, 0.5) is 0 Å². The van der Waals surface area contributed by atoms with Crippen molar-refractivity contribution in [3.05, 3.63) is 59.7 Å². The van der Waals surface area contributed by atoms with Crippen molar-refractivity contribution in [2.75, 3.05) is 0 Å². The minimum absolute atomic E-state index is 0.290. The van der Waals surface area contributed by atoms with Gasteiger partial charge in [0, 0.05) is 4.90 Å². The average Bonchev–Trinajstić information content (AvgIpc) is 2.25. The molecule has 0 spiro atoms. The molecular weight excluding hydrogens is 204 g/mol. The zero-order valence-corrected chi connectivity index (χ0v) is 9.11. The van der Waals surface area contributed by atoms with Gasteiger partial charge in [0.15, 0.2) is 0 Å². The van der Waals surface area contributed by atoms with Gasteiger partial charge in [-0.25, -0.2) is 0 Å². The summed E-state index contributed by atoms with van der Waals surface area (Å²) in [6.07, 6.45) is 0.800. The Bertz CT molecular complexity index is 451. The summed E-state index contributed by atoms with van der Waals surface area (Å²) >= 11 is 4.36. The van der Waals surface area contributed by atoms with E-state index in [1.165, 1.54) is 5.56 Å². The molecular formula is C13H12OS. The van der Waals surface area contributed by atoms with Crippen molar-refractivity contribution in [1.82, 2.24) is 0 Å². The van der Waals surface area contributed by atoms with Crippen LogP contribution in [0.5, 0.6) is 5.75 Å². The van der Waals surface area contributed by atoms with Crippen molar-refractivity contribution in [2.24, 2.45) is 0 Å². The summed E-state index contributed by atoms with van der Waals surface area (Å²) in [5.41, 5.74) is 2.27. The Balaban J connectivity index is 2.28. The van der Waals surface area contributed by atoms with E-state index in [9.17, 15) is 5.11 Å². The molecule has 0 saturated carbocycles. The predicted octanol–water partition coefficient (Wildman–Crippen LogP) is 3.27. The van der Waals surface area contributed by atoms with Gasteiger partial charge in [0.05, 0.1) is 0 Å². The molecule has 2 heteroatoms. The maximum absolute atomic E-state index is 9.38. The second kappa shape index (κ2) is 4.41. The molecule has 0 bridgehead atoms. The monoisotopic (exact) mass is 216 g/mol. The molecule has 1 nitrogen and oxygen atoms in total. The molecule has 0 radical (unpaired) electrons. The fraction of sp³-hybridized carbons (Fsp3) is 0.0769. The van der Waals surface area contributed by atoms with Gasteiger partial charge >= 0.3 is 0 Å². The van der Waals surface area contributed by atoms with Gasteiger partial charge in [-0.2, -0.15) is 0 Å².